The molecule has 1 heterocycles. The fourth-order valence-electron chi connectivity index (χ4n) is 1.95. The van der Waals surface area contributed by atoms with Gasteiger partial charge < -0.3 is 10.0 Å². The second-order valence-electron chi connectivity index (χ2n) is 4.52. The summed E-state index contributed by atoms with van der Waals surface area (Å²) in [6.07, 6.45) is 1.57. The molecule has 1 atom stereocenters. The van der Waals surface area contributed by atoms with Gasteiger partial charge in [-0.05, 0) is 30.7 Å². The van der Waals surface area contributed by atoms with Crippen molar-refractivity contribution in [3.8, 4) is 6.07 Å². The third-order valence-electron chi connectivity index (χ3n) is 3.04. The van der Waals surface area contributed by atoms with Crippen molar-refractivity contribution >= 4 is 11.5 Å². The molecule has 1 aromatic heterocycles. The summed E-state index contributed by atoms with van der Waals surface area (Å²) in [7, 11) is 0. The van der Waals surface area contributed by atoms with Crippen LogP contribution in [0.2, 0.25) is 0 Å². The lowest BCUT2D eigenvalue weighted by Gasteiger charge is -2.23. The zero-order valence-corrected chi connectivity index (χ0v) is 11.4. The van der Waals surface area contributed by atoms with E-state index in [0.717, 1.165) is 17.1 Å². The van der Waals surface area contributed by atoms with Crippen molar-refractivity contribution in [3.63, 3.8) is 0 Å². The number of aliphatic hydroxyl groups is 1. The van der Waals surface area contributed by atoms with Crippen LogP contribution in [0.5, 0.6) is 0 Å². The van der Waals surface area contributed by atoms with Crippen molar-refractivity contribution in [1.29, 1.82) is 5.26 Å². The first kappa shape index (κ1) is 14.0. The normalized spacial score (nSPS) is 11.7. The van der Waals surface area contributed by atoms with Gasteiger partial charge in [0.15, 0.2) is 0 Å². The first-order chi connectivity index (χ1) is 9.72. The zero-order chi connectivity index (χ0) is 14.4. The Labute approximate surface area is 118 Å². The van der Waals surface area contributed by atoms with Gasteiger partial charge in [-0.25, -0.2) is 4.98 Å². The van der Waals surface area contributed by atoms with Gasteiger partial charge in [-0.2, -0.15) is 5.26 Å². The van der Waals surface area contributed by atoms with E-state index in [4.69, 9.17) is 5.26 Å². The van der Waals surface area contributed by atoms with Crippen LogP contribution in [0.1, 0.15) is 25.0 Å². The molecule has 0 bridgehead atoms. The SMILES string of the molecule is C[C@H](O)c1ccc(N(CCC#N)c2ccccc2)nc1. The van der Waals surface area contributed by atoms with Gasteiger partial charge in [0.1, 0.15) is 5.82 Å². The quantitative estimate of drug-likeness (QED) is 0.903. The van der Waals surface area contributed by atoms with Crippen molar-refractivity contribution in [2.45, 2.75) is 19.4 Å². The standard InChI is InChI=1S/C16H17N3O/c1-13(20)14-8-9-16(18-12-14)19(11-5-10-17)15-6-3-2-4-7-15/h2-4,6-9,12-13,20H,5,11H2,1H3/t13-/m0/s1. The summed E-state index contributed by atoms with van der Waals surface area (Å²) in [5.41, 5.74) is 1.78. The Morgan fingerprint density at radius 2 is 2.00 bits per heavy atom. The third kappa shape index (κ3) is 3.34. The summed E-state index contributed by atoms with van der Waals surface area (Å²) in [5.74, 6) is 0.774. The largest absolute Gasteiger partial charge is 0.389 e. The van der Waals surface area contributed by atoms with Crippen LogP contribution in [-0.4, -0.2) is 16.6 Å². The molecular formula is C16H17N3O. The topological polar surface area (TPSA) is 60.1 Å². The summed E-state index contributed by atoms with van der Waals surface area (Å²) >= 11 is 0. The van der Waals surface area contributed by atoms with Crippen LogP contribution in [0, 0.1) is 11.3 Å². The van der Waals surface area contributed by atoms with Gasteiger partial charge in [-0.15, -0.1) is 0 Å². The van der Waals surface area contributed by atoms with E-state index in [1.54, 1.807) is 13.1 Å². The molecule has 20 heavy (non-hydrogen) atoms. The van der Waals surface area contributed by atoms with E-state index in [1.165, 1.54) is 0 Å². The summed E-state index contributed by atoms with van der Waals surface area (Å²) in [5, 5.41) is 18.3. The van der Waals surface area contributed by atoms with Crippen LogP contribution >= 0.6 is 0 Å². The average molecular weight is 267 g/mol. The lowest BCUT2D eigenvalue weighted by Crippen LogP contribution is -2.19. The molecule has 0 saturated carbocycles. The highest BCUT2D eigenvalue weighted by molar-refractivity contribution is 5.59. The van der Waals surface area contributed by atoms with Crippen molar-refractivity contribution in [2.75, 3.05) is 11.4 Å². The average Bonchev–Trinajstić information content (AvgIpc) is 2.49. The van der Waals surface area contributed by atoms with E-state index in [-0.39, 0.29) is 0 Å². The molecule has 0 aliphatic rings. The van der Waals surface area contributed by atoms with Gasteiger partial charge in [0.2, 0.25) is 0 Å². The second kappa shape index (κ2) is 6.69. The Morgan fingerprint density at radius 1 is 1.25 bits per heavy atom. The first-order valence-electron chi connectivity index (χ1n) is 6.56. The van der Waals surface area contributed by atoms with E-state index in [0.29, 0.717) is 13.0 Å². The lowest BCUT2D eigenvalue weighted by atomic mass is 10.2. The van der Waals surface area contributed by atoms with Crippen LogP contribution in [0.25, 0.3) is 0 Å². The van der Waals surface area contributed by atoms with E-state index in [2.05, 4.69) is 11.1 Å². The maximum Gasteiger partial charge on any atom is 0.132 e. The molecule has 4 heteroatoms. The van der Waals surface area contributed by atoms with Crippen molar-refractivity contribution in [1.82, 2.24) is 4.98 Å². The number of rotatable bonds is 5. The second-order valence-corrected chi connectivity index (χ2v) is 4.52. The molecule has 0 unspecified atom stereocenters. The van der Waals surface area contributed by atoms with Crippen molar-refractivity contribution in [2.24, 2.45) is 0 Å². The number of aromatic nitrogens is 1. The highest BCUT2D eigenvalue weighted by Crippen LogP contribution is 2.24. The highest BCUT2D eigenvalue weighted by atomic mass is 16.3. The van der Waals surface area contributed by atoms with Gasteiger partial charge in [0.05, 0.1) is 18.6 Å². The number of aliphatic hydroxyl groups excluding tert-OH is 1. The fraction of sp³-hybridized carbons (Fsp3) is 0.250. The van der Waals surface area contributed by atoms with Gasteiger partial charge >= 0.3 is 0 Å². The number of hydrogen-bond donors (Lipinski definition) is 1. The maximum absolute atomic E-state index is 9.51. The minimum Gasteiger partial charge on any atom is -0.389 e. The zero-order valence-electron chi connectivity index (χ0n) is 11.4. The molecule has 2 rings (SSSR count). The molecule has 0 radical (unpaired) electrons. The fourth-order valence-corrected chi connectivity index (χ4v) is 1.95. The molecule has 1 N–H and O–H groups in total. The predicted molar refractivity (Wildman–Crippen MR) is 78.5 cm³/mol. The Hall–Kier alpha value is -2.38. The number of hydrogen-bond acceptors (Lipinski definition) is 4. The number of nitriles is 1. The van der Waals surface area contributed by atoms with Crippen molar-refractivity contribution < 1.29 is 5.11 Å². The summed E-state index contributed by atoms with van der Waals surface area (Å²) in [6.45, 7) is 2.29. The third-order valence-corrected chi connectivity index (χ3v) is 3.04. The van der Waals surface area contributed by atoms with Crippen LogP contribution in [-0.2, 0) is 0 Å². The van der Waals surface area contributed by atoms with E-state index in [9.17, 15) is 5.11 Å². The molecule has 0 aliphatic carbocycles. The number of benzene rings is 1. The Balaban J connectivity index is 2.29. The molecule has 0 spiro atoms. The molecule has 4 nitrogen and oxygen atoms in total. The monoisotopic (exact) mass is 267 g/mol. The molecule has 0 amide bonds. The van der Waals surface area contributed by atoms with Crippen LogP contribution in [0.15, 0.2) is 48.7 Å². The molecule has 0 saturated heterocycles. The number of nitrogens with zero attached hydrogens (tertiary/aromatic N) is 3. The predicted octanol–water partition coefficient (Wildman–Crippen LogP) is 3.19. The van der Waals surface area contributed by atoms with Gasteiger partial charge in [0.25, 0.3) is 0 Å². The number of pyridine rings is 1. The van der Waals surface area contributed by atoms with Crippen LogP contribution in [0.4, 0.5) is 11.5 Å². The van der Waals surface area contributed by atoms with Crippen LogP contribution in [0.3, 0.4) is 0 Å². The summed E-state index contributed by atoms with van der Waals surface area (Å²) in [6, 6.07) is 15.7. The lowest BCUT2D eigenvalue weighted by molar-refractivity contribution is 0.199. The summed E-state index contributed by atoms with van der Waals surface area (Å²) < 4.78 is 0. The molecule has 0 aliphatic heterocycles. The van der Waals surface area contributed by atoms with Gasteiger partial charge in [0, 0.05) is 18.4 Å². The van der Waals surface area contributed by atoms with Crippen molar-refractivity contribution in [3.05, 3.63) is 54.2 Å². The number of para-hydroxylation sites is 1. The molecular weight excluding hydrogens is 250 g/mol. The van der Waals surface area contributed by atoms with E-state index < -0.39 is 6.10 Å². The van der Waals surface area contributed by atoms with E-state index in [1.807, 2.05) is 47.4 Å². The Morgan fingerprint density at radius 3 is 2.55 bits per heavy atom. The molecule has 0 fully saturated rings. The highest BCUT2D eigenvalue weighted by Gasteiger charge is 2.10. The Kier molecular flexibility index (Phi) is 4.70. The first-order valence-corrected chi connectivity index (χ1v) is 6.56. The number of anilines is 2. The van der Waals surface area contributed by atoms with Crippen LogP contribution < -0.4 is 4.90 Å². The smallest absolute Gasteiger partial charge is 0.132 e. The summed E-state index contributed by atoms with van der Waals surface area (Å²) in [4.78, 5) is 6.38. The maximum atomic E-state index is 9.51. The van der Waals surface area contributed by atoms with Gasteiger partial charge in [-0.1, -0.05) is 24.3 Å². The van der Waals surface area contributed by atoms with Gasteiger partial charge in [-0.3, -0.25) is 0 Å². The molecule has 102 valence electrons. The van der Waals surface area contributed by atoms with E-state index >= 15 is 0 Å². The minimum absolute atomic E-state index is 0.425. The molecule has 1 aromatic carbocycles. The molecule has 2 aromatic rings. The minimum atomic E-state index is -0.527. The Bertz CT molecular complexity index is 573.